The molecule has 1 aliphatic rings. The van der Waals surface area contributed by atoms with Gasteiger partial charge in [0, 0.05) is 12.2 Å². The molecule has 0 aliphatic heterocycles. The zero-order valence-corrected chi connectivity index (χ0v) is 11.2. The number of anilines is 1. The van der Waals surface area contributed by atoms with E-state index in [1.807, 2.05) is 24.3 Å². The smallest absolute Gasteiger partial charge is 0.231 e. The van der Waals surface area contributed by atoms with E-state index in [2.05, 4.69) is 5.32 Å². The lowest BCUT2D eigenvalue weighted by atomic mass is 9.73. The lowest BCUT2D eigenvalue weighted by Gasteiger charge is -2.34. The monoisotopic (exact) mass is 262 g/mol. The maximum atomic E-state index is 12.4. The second-order valence-corrected chi connectivity index (χ2v) is 5.35. The summed E-state index contributed by atoms with van der Waals surface area (Å²) in [5.74, 6) is 0.0337. The second kappa shape index (κ2) is 6.17. The summed E-state index contributed by atoms with van der Waals surface area (Å²) in [6.45, 7) is 0.425. The van der Waals surface area contributed by atoms with E-state index in [1.54, 1.807) is 0 Å². The Labute approximate surface area is 114 Å². The summed E-state index contributed by atoms with van der Waals surface area (Å²) in [4.78, 5) is 12.4. The number of nitrogens with one attached hydrogen (secondary N) is 1. The maximum absolute atomic E-state index is 12.4. The fraction of sp³-hybridized carbons (Fsp3) is 0.533. The van der Waals surface area contributed by atoms with Crippen LogP contribution in [0.25, 0.3) is 0 Å². The molecule has 104 valence electrons. The molecule has 1 amide bonds. The lowest BCUT2D eigenvalue weighted by molar-refractivity contribution is -0.126. The largest absolute Gasteiger partial charge is 0.392 e. The van der Waals surface area contributed by atoms with Gasteiger partial charge in [0.2, 0.25) is 5.91 Å². The zero-order chi connectivity index (χ0) is 13.7. The molecular weight excluding hydrogens is 240 g/mol. The molecule has 1 aliphatic carbocycles. The molecule has 1 fully saturated rings. The second-order valence-electron chi connectivity index (χ2n) is 5.35. The van der Waals surface area contributed by atoms with E-state index in [4.69, 9.17) is 10.8 Å². The predicted molar refractivity (Wildman–Crippen MR) is 75.6 cm³/mol. The number of carbonyl (C=O) groups is 1. The molecular formula is C15H22N2O2. The van der Waals surface area contributed by atoms with Crippen LogP contribution in [-0.2, 0) is 11.4 Å². The minimum atomic E-state index is -0.395. The molecule has 19 heavy (non-hydrogen) atoms. The van der Waals surface area contributed by atoms with Gasteiger partial charge in [0.1, 0.15) is 0 Å². The number of aliphatic hydroxyl groups excluding tert-OH is 1. The van der Waals surface area contributed by atoms with Crippen molar-refractivity contribution in [3.8, 4) is 0 Å². The Morgan fingerprint density at radius 2 is 1.84 bits per heavy atom. The normalized spacial score (nSPS) is 18.0. The molecule has 1 saturated carbocycles. The summed E-state index contributed by atoms with van der Waals surface area (Å²) in [6.07, 6.45) is 5.11. The molecule has 0 aromatic heterocycles. The van der Waals surface area contributed by atoms with Crippen molar-refractivity contribution in [3.63, 3.8) is 0 Å². The van der Waals surface area contributed by atoms with Crippen molar-refractivity contribution in [2.24, 2.45) is 11.1 Å². The minimum absolute atomic E-state index is 0.0148. The molecule has 0 bridgehead atoms. The molecule has 1 aromatic rings. The highest BCUT2D eigenvalue weighted by molar-refractivity contribution is 5.95. The van der Waals surface area contributed by atoms with Crippen LogP contribution >= 0.6 is 0 Å². The van der Waals surface area contributed by atoms with E-state index in [0.717, 1.165) is 36.9 Å². The summed E-state index contributed by atoms with van der Waals surface area (Å²) in [5.41, 5.74) is 7.05. The summed E-state index contributed by atoms with van der Waals surface area (Å²) < 4.78 is 0. The van der Waals surface area contributed by atoms with Gasteiger partial charge in [-0.15, -0.1) is 0 Å². The molecule has 4 heteroatoms. The van der Waals surface area contributed by atoms with Gasteiger partial charge in [-0.2, -0.15) is 0 Å². The Morgan fingerprint density at radius 1 is 1.21 bits per heavy atom. The van der Waals surface area contributed by atoms with Crippen LogP contribution in [0.1, 0.15) is 37.7 Å². The van der Waals surface area contributed by atoms with E-state index in [1.165, 1.54) is 6.42 Å². The molecule has 0 radical (unpaired) electrons. The van der Waals surface area contributed by atoms with Gasteiger partial charge in [-0.25, -0.2) is 0 Å². The third kappa shape index (κ3) is 3.14. The Kier molecular flexibility index (Phi) is 4.56. The van der Waals surface area contributed by atoms with Gasteiger partial charge in [0.25, 0.3) is 0 Å². The Morgan fingerprint density at radius 3 is 2.37 bits per heavy atom. The van der Waals surface area contributed by atoms with Crippen LogP contribution in [0.3, 0.4) is 0 Å². The number of carbonyl (C=O) groups excluding carboxylic acids is 1. The number of nitrogens with two attached hydrogens (primary N) is 1. The van der Waals surface area contributed by atoms with Crippen molar-refractivity contribution in [2.75, 3.05) is 11.9 Å². The fourth-order valence-electron chi connectivity index (χ4n) is 2.71. The summed E-state index contributed by atoms with van der Waals surface area (Å²) in [5, 5.41) is 11.9. The van der Waals surface area contributed by atoms with E-state index in [-0.39, 0.29) is 12.5 Å². The quantitative estimate of drug-likeness (QED) is 0.777. The molecule has 0 saturated heterocycles. The number of benzene rings is 1. The van der Waals surface area contributed by atoms with E-state index >= 15 is 0 Å². The molecule has 0 atom stereocenters. The SMILES string of the molecule is NCC1(C(=O)Nc2ccc(CO)cc2)CCCCC1. The van der Waals surface area contributed by atoms with Gasteiger partial charge in [-0.05, 0) is 30.5 Å². The minimum Gasteiger partial charge on any atom is -0.392 e. The van der Waals surface area contributed by atoms with Gasteiger partial charge in [0.05, 0.1) is 12.0 Å². The average molecular weight is 262 g/mol. The van der Waals surface area contributed by atoms with Crippen LogP contribution in [0.2, 0.25) is 0 Å². The third-order valence-corrected chi connectivity index (χ3v) is 4.08. The standard InChI is InChI=1S/C15H22N2O2/c16-11-15(8-2-1-3-9-15)14(19)17-13-6-4-12(10-18)5-7-13/h4-7,18H,1-3,8-11,16H2,(H,17,19). The van der Waals surface area contributed by atoms with Crippen LogP contribution < -0.4 is 11.1 Å². The first-order valence-electron chi connectivity index (χ1n) is 6.91. The number of amides is 1. The van der Waals surface area contributed by atoms with Crippen molar-refractivity contribution in [1.29, 1.82) is 0 Å². The zero-order valence-electron chi connectivity index (χ0n) is 11.2. The van der Waals surface area contributed by atoms with Gasteiger partial charge in [0.15, 0.2) is 0 Å². The molecule has 0 heterocycles. The van der Waals surface area contributed by atoms with Crippen LogP contribution in [0.15, 0.2) is 24.3 Å². The first kappa shape index (κ1) is 14.0. The van der Waals surface area contributed by atoms with Gasteiger partial charge < -0.3 is 16.2 Å². The molecule has 4 N–H and O–H groups in total. The van der Waals surface area contributed by atoms with Crippen LogP contribution in [0, 0.1) is 5.41 Å². The fourth-order valence-corrected chi connectivity index (χ4v) is 2.71. The summed E-state index contributed by atoms with van der Waals surface area (Å²) >= 11 is 0. The van der Waals surface area contributed by atoms with Crippen molar-refractivity contribution in [1.82, 2.24) is 0 Å². The molecule has 2 rings (SSSR count). The summed E-state index contributed by atoms with van der Waals surface area (Å²) in [7, 11) is 0. The first-order chi connectivity index (χ1) is 9.20. The molecule has 1 aromatic carbocycles. The highest BCUT2D eigenvalue weighted by Crippen LogP contribution is 2.36. The first-order valence-corrected chi connectivity index (χ1v) is 6.91. The number of hydrogen-bond donors (Lipinski definition) is 3. The number of aliphatic hydroxyl groups is 1. The number of rotatable bonds is 4. The van der Waals surface area contributed by atoms with Crippen LogP contribution in [0.4, 0.5) is 5.69 Å². The van der Waals surface area contributed by atoms with E-state index in [9.17, 15) is 4.79 Å². The van der Waals surface area contributed by atoms with Gasteiger partial charge in [-0.3, -0.25) is 4.79 Å². The average Bonchev–Trinajstić information content (AvgIpc) is 2.48. The van der Waals surface area contributed by atoms with Gasteiger partial charge in [-0.1, -0.05) is 31.4 Å². The lowest BCUT2D eigenvalue weighted by Crippen LogP contribution is -2.43. The Bertz CT molecular complexity index is 422. The topological polar surface area (TPSA) is 75.4 Å². The van der Waals surface area contributed by atoms with Crippen LogP contribution in [-0.4, -0.2) is 17.6 Å². The van der Waals surface area contributed by atoms with Crippen molar-refractivity contribution < 1.29 is 9.90 Å². The highest BCUT2D eigenvalue weighted by atomic mass is 16.3. The van der Waals surface area contributed by atoms with Crippen LogP contribution in [0.5, 0.6) is 0 Å². The molecule has 0 unspecified atom stereocenters. The van der Waals surface area contributed by atoms with E-state index < -0.39 is 5.41 Å². The maximum Gasteiger partial charge on any atom is 0.231 e. The Hall–Kier alpha value is -1.39. The van der Waals surface area contributed by atoms with Crippen molar-refractivity contribution in [3.05, 3.63) is 29.8 Å². The highest BCUT2D eigenvalue weighted by Gasteiger charge is 2.38. The van der Waals surface area contributed by atoms with E-state index in [0.29, 0.717) is 6.54 Å². The van der Waals surface area contributed by atoms with Crippen molar-refractivity contribution >= 4 is 11.6 Å². The predicted octanol–water partition coefficient (Wildman–Crippen LogP) is 2.03. The molecule has 4 nitrogen and oxygen atoms in total. The Balaban J connectivity index is 2.05. The van der Waals surface area contributed by atoms with Crippen molar-refractivity contribution in [2.45, 2.75) is 38.7 Å². The number of hydrogen-bond acceptors (Lipinski definition) is 3. The summed E-state index contributed by atoms with van der Waals surface area (Å²) in [6, 6.07) is 7.25. The van der Waals surface area contributed by atoms with Gasteiger partial charge >= 0.3 is 0 Å². The molecule has 0 spiro atoms. The third-order valence-electron chi connectivity index (χ3n) is 4.08.